The van der Waals surface area contributed by atoms with Crippen molar-refractivity contribution >= 4 is 0 Å². The number of benzene rings is 1. The van der Waals surface area contributed by atoms with Crippen molar-refractivity contribution in [3.8, 4) is 5.75 Å². The maximum absolute atomic E-state index is 5.79. The number of aryl methyl sites for hydroxylation is 4. The van der Waals surface area contributed by atoms with Crippen LogP contribution in [0.5, 0.6) is 5.75 Å². The van der Waals surface area contributed by atoms with E-state index >= 15 is 0 Å². The number of ether oxygens (including phenoxy) is 1. The van der Waals surface area contributed by atoms with Gasteiger partial charge in [-0.3, -0.25) is 4.68 Å². The summed E-state index contributed by atoms with van der Waals surface area (Å²) in [5.41, 5.74) is 4.55. The molecule has 90 valence electrons. The zero-order valence-electron chi connectivity index (χ0n) is 10.8. The van der Waals surface area contributed by atoms with E-state index in [4.69, 9.17) is 4.74 Å². The fourth-order valence-corrected chi connectivity index (χ4v) is 1.97. The largest absolute Gasteiger partial charge is 0.487 e. The third-order valence-electron chi connectivity index (χ3n) is 2.68. The Morgan fingerprint density at radius 3 is 2.24 bits per heavy atom. The van der Waals surface area contributed by atoms with Crippen LogP contribution in [0.4, 0.5) is 0 Å². The van der Waals surface area contributed by atoms with E-state index in [0.29, 0.717) is 6.61 Å². The third-order valence-corrected chi connectivity index (χ3v) is 2.68. The third kappa shape index (κ3) is 2.87. The number of hydrogen-bond acceptors (Lipinski definition) is 2. The Bertz CT molecular complexity index is 509. The van der Waals surface area contributed by atoms with Crippen LogP contribution in [0.2, 0.25) is 0 Å². The fourth-order valence-electron chi connectivity index (χ4n) is 1.97. The van der Waals surface area contributed by atoms with E-state index in [0.717, 1.165) is 17.1 Å². The summed E-state index contributed by atoms with van der Waals surface area (Å²) in [4.78, 5) is 0. The van der Waals surface area contributed by atoms with Crippen molar-refractivity contribution in [1.82, 2.24) is 9.78 Å². The molecule has 3 heteroatoms. The molecule has 0 bridgehead atoms. The van der Waals surface area contributed by atoms with E-state index in [2.05, 4.69) is 37.1 Å². The molecule has 0 aliphatic carbocycles. The van der Waals surface area contributed by atoms with Gasteiger partial charge >= 0.3 is 0 Å². The molecule has 1 aromatic carbocycles. The average Bonchev–Trinajstić information content (AvgIpc) is 2.53. The van der Waals surface area contributed by atoms with Crippen molar-refractivity contribution < 1.29 is 4.74 Å². The summed E-state index contributed by atoms with van der Waals surface area (Å²) in [5.74, 6) is 0.918. The molecular formula is C14H18N2O. The van der Waals surface area contributed by atoms with E-state index in [-0.39, 0.29) is 0 Å². The van der Waals surface area contributed by atoms with Gasteiger partial charge in [0, 0.05) is 7.05 Å². The topological polar surface area (TPSA) is 27.1 Å². The standard InChI is InChI=1S/C14H18N2O/c1-10-5-11(2)7-14(6-10)17-9-13-8-12(3)15-16(13)4/h5-8H,9H2,1-4H3. The summed E-state index contributed by atoms with van der Waals surface area (Å²) in [6.45, 7) is 6.70. The van der Waals surface area contributed by atoms with Crippen LogP contribution in [0.25, 0.3) is 0 Å². The van der Waals surface area contributed by atoms with Crippen LogP contribution in [-0.2, 0) is 13.7 Å². The molecule has 0 spiro atoms. The predicted molar refractivity (Wildman–Crippen MR) is 68.2 cm³/mol. The minimum atomic E-state index is 0.556. The summed E-state index contributed by atoms with van der Waals surface area (Å²) >= 11 is 0. The minimum Gasteiger partial charge on any atom is -0.487 e. The Morgan fingerprint density at radius 1 is 1.06 bits per heavy atom. The van der Waals surface area contributed by atoms with Gasteiger partial charge in [0.05, 0.1) is 11.4 Å². The zero-order chi connectivity index (χ0) is 12.4. The highest BCUT2D eigenvalue weighted by Gasteiger charge is 2.03. The van der Waals surface area contributed by atoms with Gasteiger partial charge in [0.15, 0.2) is 0 Å². The first kappa shape index (κ1) is 11.7. The maximum Gasteiger partial charge on any atom is 0.130 e. The maximum atomic E-state index is 5.79. The van der Waals surface area contributed by atoms with Gasteiger partial charge in [0.2, 0.25) is 0 Å². The molecule has 1 aromatic heterocycles. The van der Waals surface area contributed by atoms with Gasteiger partial charge in [-0.2, -0.15) is 5.10 Å². The average molecular weight is 230 g/mol. The number of rotatable bonds is 3. The lowest BCUT2D eigenvalue weighted by atomic mass is 10.1. The molecule has 2 rings (SSSR count). The van der Waals surface area contributed by atoms with E-state index in [1.807, 2.05) is 24.7 Å². The summed E-state index contributed by atoms with van der Waals surface area (Å²) in [7, 11) is 1.94. The Kier molecular flexibility index (Phi) is 3.18. The van der Waals surface area contributed by atoms with Crippen LogP contribution in [0.15, 0.2) is 24.3 Å². The van der Waals surface area contributed by atoms with Crippen LogP contribution in [0, 0.1) is 20.8 Å². The number of nitrogens with zero attached hydrogens (tertiary/aromatic N) is 2. The predicted octanol–water partition coefficient (Wildman–Crippen LogP) is 2.92. The molecule has 0 fully saturated rings. The van der Waals surface area contributed by atoms with Crippen molar-refractivity contribution in [1.29, 1.82) is 0 Å². The van der Waals surface area contributed by atoms with Gasteiger partial charge in [-0.05, 0) is 50.1 Å². The van der Waals surface area contributed by atoms with Gasteiger partial charge in [0.25, 0.3) is 0 Å². The molecule has 0 aliphatic heterocycles. The van der Waals surface area contributed by atoms with Gasteiger partial charge in [-0.25, -0.2) is 0 Å². The summed E-state index contributed by atoms with van der Waals surface area (Å²) in [5, 5.41) is 4.30. The second kappa shape index (κ2) is 4.62. The first-order chi connectivity index (χ1) is 8.04. The SMILES string of the molecule is Cc1cc(C)cc(OCc2cc(C)nn2C)c1. The lowest BCUT2D eigenvalue weighted by Crippen LogP contribution is -2.03. The monoisotopic (exact) mass is 230 g/mol. The molecule has 0 saturated heterocycles. The molecule has 0 amide bonds. The molecule has 1 heterocycles. The van der Waals surface area contributed by atoms with Crippen molar-refractivity contribution in [2.24, 2.45) is 7.05 Å². The van der Waals surface area contributed by atoms with Gasteiger partial charge < -0.3 is 4.74 Å². The van der Waals surface area contributed by atoms with E-state index in [9.17, 15) is 0 Å². The quantitative estimate of drug-likeness (QED) is 0.810. The van der Waals surface area contributed by atoms with Gasteiger partial charge in [0.1, 0.15) is 12.4 Å². The molecule has 17 heavy (non-hydrogen) atoms. The minimum absolute atomic E-state index is 0.556. The fraction of sp³-hybridized carbons (Fsp3) is 0.357. The van der Waals surface area contributed by atoms with Crippen molar-refractivity contribution in [2.45, 2.75) is 27.4 Å². The van der Waals surface area contributed by atoms with E-state index < -0.39 is 0 Å². The zero-order valence-corrected chi connectivity index (χ0v) is 10.8. The van der Waals surface area contributed by atoms with Crippen LogP contribution < -0.4 is 4.74 Å². The number of hydrogen-bond donors (Lipinski definition) is 0. The van der Waals surface area contributed by atoms with Crippen LogP contribution >= 0.6 is 0 Å². The van der Waals surface area contributed by atoms with Gasteiger partial charge in [-0.15, -0.1) is 0 Å². The Balaban J connectivity index is 2.09. The molecule has 0 unspecified atom stereocenters. The second-order valence-corrected chi connectivity index (χ2v) is 4.51. The van der Waals surface area contributed by atoms with Crippen LogP contribution in [0.3, 0.4) is 0 Å². The Hall–Kier alpha value is -1.77. The molecule has 3 nitrogen and oxygen atoms in total. The highest BCUT2D eigenvalue weighted by Crippen LogP contribution is 2.17. The molecule has 0 N–H and O–H groups in total. The van der Waals surface area contributed by atoms with Crippen molar-refractivity contribution in [2.75, 3.05) is 0 Å². The summed E-state index contributed by atoms with van der Waals surface area (Å²) in [6, 6.07) is 8.29. The number of aromatic nitrogens is 2. The first-order valence-electron chi connectivity index (χ1n) is 5.75. The highest BCUT2D eigenvalue weighted by atomic mass is 16.5. The summed E-state index contributed by atoms with van der Waals surface area (Å²) < 4.78 is 7.65. The molecule has 0 saturated carbocycles. The molecule has 0 radical (unpaired) electrons. The smallest absolute Gasteiger partial charge is 0.130 e. The van der Waals surface area contributed by atoms with E-state index in [1.54, 1.807) is 0 Å². The van der Waals surface area contributed by atoms with Crippen LogP contribution in [0.1, 0.15) is 22.5 Å². The lowest BCUT2D eigenvalue weighted by molar-refractivity contribution is 0.294. The molecular weight excluding hydrogens is 212 g/mol. The lowest BCUT2D eigenvalue weighted by Gasteiger charge is -2.08. The molecule has 0 aliphatic rings. The normalized spacial score (nSPS) is 10.6. The molecule has 2 aromatic rings. The Labute approximate surface area is 102 Å². The second-order valence-electron chi connectivity index (χ2n) is 4.51. The van der Waals surface area contributed by atoms with Crippen molar-refractivity contribution in [3.63, 3.8) is 0 Å². The van der Waals surface area contributed by atoms with Crippen LogP contribution in [-0.4, -0.2) is 9.78 Å². The van der Waals surface area contributed by atoms with E-state index in [1.165, 1.54) is 11.1 Å². The highest BCUT2D eigenvalue weighted by molar-refractivity contribution is 5.33. The van der Waals surface area contributed by atoms with Crippen molar-refractivity contribution in [3.05, 3.63) is 46.8 Å². The van der Waals surface area contributed by atoms with Gasteiger partial charge in [-0.1, -0.05) is 6.07 Å². The Morgan fingerprint density at radius 2 is 1.71 bits per heavy atom. The summed E-state index contributed by atoms with van der Waals surface area (Å²) in [6.07, 6.45) is 0. The first-order valence-corrected chi connectivity index (χ1v) is 5.75. The molecule has 0 atom stereocenters.